The highest BCUT2D eigenvalue weighted by Crippen LogP contribution is 2.10. The van der Waals surface area contributed by atoms with E-state index in [2.05, 4.69) is 26.1 Å². The number of ether oxygens (including phenoxy) is 2. The van der Waals surface area contributed by atoms with E-state index >= 15 is 0 Å². The predicted octanol–water partition coefficient (Wildman–Crippen LogP) is 2.84. The van der Waals surface area contributed by atoms with Crippen LogP contribution in [-0.2, 0) is 9.47 Å². The van der Waals surface area contributed by atoms with E-state index in [9.17, 15) is 0 Å². The summed E-state index contributed by atoms with van der Waals surface area (Å²) in [4.78, 5) is 0. The molecular formula is C14H31NO2. The number of nitrogens with one attached hydrogen (secondary N) is 1. The van der Waals surface area contributed by atoms with E-state index in [4.69, 9.17) is 9.47 Å². The van der Waals surface area contributed by atoms with Crippen LogP contribution >= 0.6 is 0 Å². The third-order valence-corrected chi connectivity index (χ3v) is 2.71. The van der Waals surface area contributed by atoms with Gasteiger partial charge in [-0.1, -0.05) is 20.8 Å². The SMILES string of the molecule is CCCNC(CCCOCCOC)CC(C)C. The van der Waals surface area contributed by atoms with Crippen LogP contribution in [0.2, 0.25) is 0 Å². The molecule has 3 nitrogen and oxygen atoms in total. The van der Waals surface area contributed by atoms with E-state index < -0.39 is 0 Å². The zero-order chi connectivity index (χ0) is 12.9. The Hall–Kier alpha value is -0.120. The summed E-state index contributed by atoms with van der Waals surface area (Å²) >= 11 is 0. The molecule has 0 aromatic heterocycles. The Kier molecular flexibility index (Phi) is 12.3. The Morgan fingerprint density at radius 3 is 2.47 bits per heavy atom. The molecule has 0 aromatic rings. The monoisotopic (exact) mass is 245 g/mol. The van der Waals surface area contributed by atoms with Gasteiger partial charge < -0.3 is 14.8 Å². The second kappa shape index (κ2) is 12.3. The smallest absolute Gasteiger partial charge is 0.0700 e. The van der Waals surface area contributed by atoms with Gasteiger partial charge in [-0.2, -0.15) is 0 Å². The van der Waals surface area contributed by atoms with Crippen LogP contribution in [0.3, 0.4) is 0 Å². The fraction of sp³-hybridized carbons (Fsp3) is 1.00. The van der Waals surface area contributed by atoms with Gasteiger partial charge in [0.2, 0.25) is 0 Å². The summed E-state index contributed by atoms with van der Waals surface area (Å²) in [5.74, 6) is 0.763. The van der Waals surface area contributed by atoms with Gasteiger partial charge in [-0.05, 0) is 38.1 Å². The lowest BCUT2D eigenvalue weighted by molar-refractivity contribution is 0.0675. The molecule has 1 atom stereocenters. The van der Waals surface area contributed by atoms with Crippen LogP contribution in [0.25, 0.3) is 0 Å². The minimum atomic E-state index is 0.654. The molecule has 1 N–H and O–H groups in total. The molecule has 0 spiro atoms. The fourth-order valence-corrected chi connectivity index (χ4v) is 1.90. The van der Waals surface area contributed by atoms with Gasteiger partial charge in [-0.3, -0.25) is 0 Å². The molecule has 0 bridgehead atoms. The first-order valence-electron chi connectivity index (χ1n) is 7.00. The van der Waals surface area contributed by atoms with Crippen molar-refractivity contribution in [1.82, 2.24) is 5.32 Å². The number of hydrogen-bond acceptors (Lipinski definition) is 3. The zero-order valence-corrected chi connectivity index (χ0v) is 12.1. The molecule has 104 valence electrons. The number of hydrogen-bond donors (Lipinski definition) is 1. The van der Waals surface area contributed by atoms with Gasteiger partial charge in [0, 0.05) is 19.8 Å². The van der Waals surface area contributed by atoms with Gasteiger partial charge in [0.05, 0.1) is 13.2 Å². The van der Waals surface area contributed by atoms with Crippen LogP contribution in [0.15, 0.2) is 0 Å². The zero-order valence-electron chi connectivity index (χ0n) is 12.1. The molecule has 0 aliphatic rings. The highest BCUT2D eigenvalue weighted by molar-refractivity contribution is 4.68. The largest absolute Gasteiger partial charge is 0.382 e. The molecule has 0 fully saturated rings. The highest BCUT2D eigenvalue weighted by atomic mass is 16.5. The predicted molar refractivity (Wildman–Crippen MR) is 73.5 cm³/mol. The van der Waals surface area contributed by atoms with Crippen molar-refractivity contribution < 1.29 is 9.47 Å². The molecular weight excluding hydrogens is 214 g/mol. The van der Waals surface area contributed by atoms with Gasteiger partial charge in [0.1, 0.15) is 0 Å². The molecule has 0 saturated heterocycles. The van der Waals surface area contributed by atoms with Crippen molar-refractivity contribution >= 4 is 0 Å². The summed E-state index contributed by atoms with van der Waals surface area (Å²) in [6, 6.07) is 0.654. The molecule has 17 heavy (non-hydrogen) atoms. The third-order valence-electron chi connectivity index (χ3n) is 2.71. The molecule has 0 radical (unpaired) electrons. The number of rotatable bonds is 12. The van der Waals surface area contributed by atoms with Crippen molar-refractivity contribution in [2.24, 2.45) is 5.92 Å². The van der Waals surface area contributed by atoms with Crippen LogP contribution in [0.1, 0.15) is 46.5 Å². The lowest BCUT2D eigenvalue weighted by Gasteiger charge is -2.20. The molecule has 0 aliphatic heterocycles. The third kappa shape index (κ3) is 12.1. The topological polar surface area (TPSA) is 30.5 Å². The first-order chi connectivity index (χ1) is 8.20. The molecule has 3 heteroatoms. The van der Waals surface area contributed by atoms with Crippen molar-refractivity contribution in [2.45, 2.75) is 52.5 Å². The molecule has 0 aliphatic carbocycles. The van der Waals surface area contributed by atoms with Gasteiger partial charge in [0.25, 0.3) is 0 Å². The summed E-state index contributed by atoms with van der Waals surface area (Å²) < 4.78 is 10.4. The van der Waals surface area contributed by atoms with E-state index in [0.29, 0.717) is 19.3 Å². The molecule has 0 amide bonds. The Bertz CT molecular complexity index is 151. The van der Waals surface area contributed by atoms with Crippen LogP contribution in [0, 0.1) is 5.92 Å². The Balaban J connectivity index is 3.53. The van der Waals surface area contributed by atoms with E-state index in [0.717, 1.165) is 25.5 Å². The second-order valence-corrected chi connectivity index (χ2v) is 5.03. The van der Waals surface area contributed by atoms with Gasteiger partial charge >= 0.3 is 0 Å². The number of methoxy groups -OCH3 is 1. The molecule has 0 saturated carbocycles. The average Bonchev–Trinajstić information content (AvgIpc) is 2.29. The Labute approximate surface area is 107 Å². The molecule has 0 aromatic carbocycles. The van der Waals surface area contributed by atoms with Crippen molar-refractivity contribution in [3.05, 3.63) is 0 Å². The maximum atomic E-state index is 5.48. The average molecular weight is 245 g/mol. The summed E-state index contributed by atoms with van der Waals surface area (Å²) in [6.07, 6.45) is 4.82. The van der Waals surface area contributed by atoms with Gasteiger partial charge in [0.15, 0.2) is 0 Å². The lowest BCUT2D eigenvalue weighted by Crippen LogP contribution is -2.31. The van der Waals surface area contributed by atoms with E-state index in [1.54, 1.807) is 7.11 Å². The van der Waals surface area contributed by atoms with Crippen molar-refractivity contribution in [3.63, 3.8) is 0 Å². The van der Waals surface area contributed by atoms with Gasteiger partial charge in [-0.15, -0.1) is 0 Å². The second-order valence-electron chi connectivity index (χ2n) is 5.03. The van der Waals surface area contributed by atoms with Crippen molar-refractivity contribution in [3.8, 4) is 0 Å². The minimum Gasteiger partial charge on any atom is -0.382 e. The first-order valence-corrected chi connectivity index (χ1v) is 7.00. The summed E-state index contributed by atoms with van der Waals surface area (Å²) in [7, 11) is 1.71. The normalized spacial score (nSPS) is 13.2. The first kappa shape index (κ1) is 16.9. The summed E-state index contributed by atoms with van der Waals surface area (Å²) in [5.41, 5.74) is 0. The maximum Gasteiger partial charge on any atom is 0.0700 e. The van der Waals surface area contributed by atoms with E-state index in [1.165, 1.54) is 19.3 Å². The van der Waals surface area contributed by atoms with Crippen LogP contribution in [0.4, 0.5) is 0 Å². The Morgan fingerprint density at radius 1 is 1.12 bits per heavy atom. The van der Waals surface area contributed by atoms with Crippen molar-refractivity contribution in [1.29, 1.82) is 0 Å². The maximum absolute atomic E-state index is 5.48. The molecule has 1 unspecified atom stereocenters. The van der Waals surface area contributed by atoms with Crippen LogP contribution in [0.5, 0.6) is 0 Å². The molecule has 0 heterocycles. The fourth-order valence-electron chi connectivity index (χ4n) is 1.90. The summed E-state index contributed by atoms with van der Waals surface area (Å²) in [6.45, 7) is 10.2. The lowest BCUT2D eigenvalue weighted by atomic mass is 10.00. The van der Waals surface area contributed by atoms with Crippen LogP contribution in [-0.4, -0.2) is 39.5 Å². The summed E-state index contributed by atoms with van der Waals surface area (Å²) in [5, 5.41) is 3.62. The quantitative estimate of drug-likeness (QED) is 0.536. The van der Waals surface area contributed by atoms with Crippen molar-refractivity contribution in [2.75, 3.05) is 33.5 Å². The van der Waals surface area contributed by atoms with Gasteiger partial charge in [-0.25, -0.2) is 0 Å². The Morgan fingerprint density at radius 2 is 1.88 bits per heavy atom. The van der Waals surface area contributed by atoms with Crippen LogP contribution < -0.4 is 5.32 Å². The molecule has 0 rings (SSSR count). The highest BCUT2D eigenvalue weighted by Gasteiger charge is 2.09. The van der Waals surface area contributed by atoms with E-state index in [1.807, 2.05) is 0 Å². The van der Waals surface area contributed by atoms with E-state index in [-0.39, 0.29) is 0 Å². The standard InChI is InChI=1S/C14H31NO2/c1-5-8-15-14(12-13(2)3)7-6-9-17-11-10-16-4/h13-15H,5-12H2,1-4H3. The minimum absolute atomic E-state index is 0.654.